The molecule has 2 heterocycles. The highest BCUT2D eigenvalue weighted by atomic mass is 32.2. The third-order valence-electron chi connectivity index (χ3n) is 5.32. The van der Waals surface area contributed by atoms with Crippen LogP contribution >= 0.6 is 23.5 Å². The van der Waals surface area contributed by atoms with E-state index in [4.69, 9.17) is 4.99 Å². The number of carbonyl (C=O) groups is 1. The summed E-state index contributed by atoms with van der Waals surface area (Å²) < 4.78 is 0. The van der Waals surface area contributed by atoms with Crippen molar-refractivity contribution in [3.8, 4) is 0 Å². The number of anilines is 2. The molecule has 1 fully saturated rings. The Morgan fingerprint density at radius 2 is 1.67 bits per heavy atom. The molecule has 156 valence electrons. The summed E-state index contributed by atoms with van der Waals surface area (Å²) in [6.45, 7) is 8.85. The molecule has 0 N–H and O–H groups in total. The summed E-state index contributed by atoms with van der Waals surface area (Å²) in [5.41, 5.74) is 3.19. The van der Waals surface area contributed by atoms with Crippen LogP contribution in [0, 0.1) is 0 Å². The maximum Gasteiger partial charge on any atom is 0.269 e. The van der Waals surface area contributed by atoms with Gasteiger partial charge in [0.2, 0.25) is 0 Å². The Kier molecular flexibility index (Phi) is 6.11. The molecule has 0 saturated carbocycles. The summed E-state index contributed by atoms with van der Waals surface area (Å²) in [7, 11) is 2.02. The summed E-state index contributed by atoms with van der Waals surface area (Å²) in [5, 5.41) is 1.72. The predicted molar refractivity (Wildman–Crippen MR) is 130 cm³/mol. The van der Waals surface area contributed by atoms with E-state index < -0.39 is 0 Å². The second-order valence-electron chi connectivity index (χ2n) is 7.00. The van der Waals surface area contributed by atoms with Crippen LogP contribution in [0.4, 0.5) is 17.1 Å². The van der Waals surface area contributed by atoms with Crippen LogP contribution in [0.25, 0.3) is 0 Å². The fourth-order valence-electron chi connectivity index (χ4n) is 3.64. The minimum Gasteiger partial charge on any atom is -0.372 e. The van der Waals surface area contributed by atoms with Gasteiger partial charge in [-0.25, -0.2) is 4.99 Å². The summed E-state index contributed by atoms with van der Waals surface area (Å²) >= 11 is 3.12. The smallest absolute Gasteiger partial charge is 0.269 e. The van der Waals surface area contributed by atoms with Gasteiger partial charge < -0.3 is 9.80 Å². The molecule has 7 heteroatoms. The van der Waals surface area contributed by atoms with Crippen LogP contribution < -0.4 is 9.80 Å². The largest absolute Gasteiger partial charge is 0.372 e. The van der Waals surface area contributed by atoms with Crippen molar-refractivity contribution in [2.24, 2.45) is 4.99 Å². The molecular weight excluding hydrogens is 412 g/mol. The van der Waals surface area contributed by atoms with E-state index in [1.165, 1.54) is 22.3 Å². The zero-order valence-electron chi connectivity index (χ0n) is 17.8. The number of rotatable bonds is 5. The lowest BCUT2D eigenvalue weighted by molar-refractivity contribution is -0.122. The lowest BCUT2D eigenvalue weighted by Gasteiger charge is -2.20. The average Bonchev–Trinajstić information content (AvgIpc) is 3.26. The molecule has 30 heavy (non-hydrogen) atoms. The monoisotopic (exact) mass is 438 g/mol. The van der Waals surface area contributed by atoms with Crippen LogP contribution in [-0.4, -0.2) is 42.7 Å². The van der Waals surface area contributed by atoms with E-state index in [0.29, 0.717) is 6.54 Å². The van der Waals surface area contributed by atoms with Gasteiger partial charge in [-0.1, -0.05) is 23.9 Å². The second-order valence-corrected chi connectivity index (χ2v) is 9.01. The third-order valence-corrected chi connectivity index (χ3v) is 7.75. The highest BCUT2D eigenvalue weighted by Crippen LogP contribution is 2.49. The minimum atomic E-state index is 0.0307. The molecule has 2 aromatic rings. The van der Waals surface area contributed by atoms with Crippen molar-refractivity contribution in [3.05, 3.63) is 58.5 Å². The molecule has 1 amide bonds. The van der Waals surface area contributed by atoms with Gasteiger partial charge >= 0.3 is 0 Å². The minimum absolute atomic E-state index is 0.0307. The van der Waals surface area contributed by atoms with Gasteiger partial charge in [0.15, 0.2) is 5.17 Å². The molecule has 0 radical (unpaired) electrons. The van der Waals surface area contributed by atoms with E-state index in [-0.39, 0.29) is 5.91 Å². The molecule has 2 aliphatic heterocycles. The molecular formula is C23H26N4OS2. The highest BCUT2D eigenvalue weighted by Gasteiger charge is 2.38. The number of likely N-dealkylation sites (N-methyl/N-ethyl adjacent to an activating group) is 1. The summed E-state index contributed by atoms with van der Waals surface area (Å²) in [6.07, 6.45) is 0. The van der Waals surface area contributed by atoms with Crippen LogP contribution in [0.5, 0.6) is 0 Å². The number of thioether (sulfide) groups is 2. The first-order valence-corrected chi connectivity index (χ1v) is 11.9. The lowest BCUT2D eigenvalue weighted by Crippen LogP contribution is -2.29. The standard InChI is InChI=1S/C23H26N4OS2/c1-5-26(6-2)17-14-12-16(13-15-17)24-23-27(7-3)21(28)20(30-23)22-25(4)18-10-8-9-11-19(18)29-22/h8-15H,5-7H2,1-4H3/b22-20-,24-23?. The number of nitrogens with zero attached hydrogens (tertiary/aromatic N) is 4. The van der Waals surface area contributed by atoms with Gasteiger partial charge in [0, 0.05) is 37.3 Å². The van der Waals surface area contributed by atoms with Crippen molar-refractivity contribution < 1.29 is 4.79 Å². The number of fused-ring (bicyclic) bond motifs is 1. The normalized spacial score (nSPS) is 19.7. The van der Waals surface area contributed by atoms with Crippen LogP contribution in [0.1, 0.15) is 20.8 Å². The van der Waals surface area contributed by atoms with Gasteiger partial charge in [0.25, 0.3) is 5.91 Å². The molecule has 0 bridgehead atoms. The fourth-order valence-corrected chi connectivity index (χ4v) is 6.04. The summed E-state index contributed by atoms with van der Waals surface area (Å²) in [6, 6.07) is 16.5. The number of aliphatic imine (C=N–C) groups is 1. The van der Waals surface area contributed by atoms with Crippen molar-refractivity contribution in [3.63, 3.8) is 0 Å². The summed E-state index contributed by atoms with van der Waals surface area (Å²) in [5.74, 6) is 0.0307. The molecule has 5 nitrogen and oxygen atoms in total. The number of hydrogen-bond acceptors (Lipinski definition) is 6. The topological polar surface area (TPSA) is 39.2 Å². The first kappa shape index (κ1) is 20.9. The predicted octanol–water partition coefficient (Wildman–Crippen LogP) is 5.53. The van der Waals surface area contributed by atoms with E-state index >= 15 is 0 Å². The number of hydrogen-bond donors (Lipinski definition) is 0. The Morgan fingerprint density at radius 3 is 2.30 bits per heavy atom. The zero-order chi connectivity index (χ0) is 21.3. The molecule has 4 rings (SSSR count). The van der Waals surface area contributed by atoms with Crippen LogP contribution in [-0.2, 0) is 4.79 Å². The molecule has 0 atom stereocenters. The van der Waals surface area contributed by atoms with Crippen LogP contribution in [0.2, 0.25) is 0 Å². The van der Waals surface area contributed by atoms with Gasteiger partial charge in [-0.15, -0.1) is 0 Å². The molecule has 0 unspecified atom stereocenters. The molecule has 0 spiro atoms. The van der Waals surface area contributed by atoms with Gasteiger partial charge in [-0.3, -0.25) is 9.69 Å². The van der Waals surface area contributed by atoms with Gasteiger partial charge in [-0.2, -0.15) is 0 Å². The van der Waals surface area contributed by atoms with Crippen molar-refractivity contribution in [1.82, 2.24) is 4.90 Å². The SMILES string of the molecule is CCN1C(=O)/C(=C2/Sc3ccccc3N2C)SC1=Nc1ccc(N(CC)CC)cc1. The number of carbonyl (C=O) groups excluding carboxylic acids is 1. The lowest BCUT2D eigenvalue weighted by atomic mass is 10.2. The Morgan fingerprint density at radius 1 is 0.967 bits per heavy atom. The van der Waals surface area contributed by atoms with Gasteiger partial charge in [-0.05, 0) is 68.9 Å². The average molecular weight is 439 g/mol. The second kappa shape index (κ2) is 8.78. The van der Waals surface area contributed by atoms with E-state index in [0.717, 1.165) is 39.6 Å². The fraction of sp³-hybridized carbons (Fsp3) is 0.304. The van der Waals surface area contributed by atoms with E-state index in [1.54, 1.807) is 16.7 Å². The van der Waals surface area contributed by atoms with Gasteiger partial charge in [0.05, 0.1) is 16.4 Å². The zero-order valence-corrected chi connectivity index (χ0v) is 19.4. The first-order chi connectivity index (χ1) is 14.6. The van der Waals surface area contributed by atoms with Crippen LogP contribution in [0.15, 0.2) is 68.4 Å². The van der Waals surface area contributed by atoms with Crippen molar-refractivity contribution in [2.45, 2.75) is 25.7 Å². The van der Waals surface area contributed by atoms with Crippen molar-refractivity contribution in [2.75, 3.05) is 36.5 Å². The maximum atomic E-state index is 13.2. The Hall–Kier alpha value is -2.38. The Labute approximate surface area is 186 Å². The Bertz CT molecular complexity index is 1010. The van der Waals surface area contributed by atoms with Crippen molar-refractivity contribution in [1.29, 1.82) is 0 Å². The number of amidine groups is 1. The van der Waals surface area contributed by atoms with E-state index in [1.807, 2.05) is 38.2 Å². The van der Waals surface area contributed by atoms with E-state index in [9.17, 15) is 4.79 Å². The van der Waals surface area contributed by atoms with Gasteiger partial charge in [0.1, 0.15) is 4.91 Å². The molecule has 2 aromatic carbocycles. The highest BCUT2D eigenvalue weighted by molar-refractivity contribution is 8.19. The van der Waals surface area contributed by atoms with Crippen LogP contribution in [0.3, 0.4) is 0 Å². The third kappa shape index (κ3) is 3.72. The number of amides is 1. The molecule has 2 aliphatic rings. The maximum absolute atomic E-state index is 13.2. The van der Waals surface area contributed by atoms with Crippen molar-refractivity contribution >= 4 is 51.7 Å². The number of benzene rings is 2. The Balaban J connectivity index is 1.64. The number of para-hydroxylation sites is 1. The first-order valence-electron chi connectivity index (χ1n) is 10.3. The molecule has 1 saturated heterocycles. The molecule has 0 aromatic heterocycles. The van der Waals surface area contributed by atoms with E-state index in [2.05, 4.69) is 47.9 Å². The molecule has 0 aliphatic carbocycles. The quantitative estimate of drug-likeness (QED) is 0.574. The summed E-state index contributed by atoms with van der Waals surface area (Å²) in [4.78, 5) is 26.1.